The Bertz CT molecular complexity index is 804. The van der Waals surface area contributed by atoms with Crippen LogP contribution in [-0.2, 0) is 0 Å². The zero-order valence-corrected chi connectivity index (χ0v) is 13.5. The van der Waals surface area contributed by atoms with Crippen molar-refractivity contribution in [3.8, 4) is 0 Å². The number of carbonyl (C=O) groups is 1. The quantitative estimate of drug-likeness (QED) is 0.706. The topological polar surface area (TPSA) is 55.1 Å². The first-order chi connectivity index (χ1) is 10.0. The Morgan fingerprint density at radius 2 is 2.00 bits per heavy atom. The highest BCUT2D eigenvalue weighted by Gasteiger charge is 2.15. The van der Waals surface area contributed by atoms with Gasteiger partial charge in [-0.1, -0.05) is 0 Å². The summed E-state index contributed by atoms with van der Waals surface area (Å²) in [6.07, 6.45) is 0. The summed E-state index contributed by atoms with van der Waals surface area (Å²) in [7, 11) is 0. The smallest absolute Gasteiger partial charge is 0.261 e. The minimum absolute atomic E-state index is 0.0199. The molecule has 0 bridgehead atoms. The number of benzene rings is 1. The molecule has 0 aliphatic carbocycles. The van der Waals surface area contributed by atoms with Gasteiger partial charge < -0.3 is 11.1 Å². The number of nitrogens with one attached hydrogen (secondary N) is 1. The molecule has 3 nitrogen and oxygen atoms in total. The number of nitrogen functional groups attached to an aromatic ring is 1. The SMILES string of the molecule is Cc1ccc(C(C)NC(=O)c2cc3cc(N)ccc3s2)s1. The average molecular weight is 316 g/mol. The van der Waals surface area contributed by atoms with Crippen LogP contribution in [0, 0.1) is 6.92 Å². The molecule has 3 N–H and O–H groups in total. The number of anilines is 1. The van der Waals surface area contributed by atoms with E-state index in [1.54, 1.807) is 11.3 Å². The van der Waals surface area contributed by atoms with Gasteiger partial charge in [-0.2, -0.15) is 0 Å². The monoisotopic (exact) mass is 316 g/mol. The summed E-state index contributed by atoms with van der Waals surface area (Å²) in [6.45, 7) is 4.08. The van der Waals surface area contributed by atoms with Crippen molar-refractivity contribution in [3.05, 3.63) is 51.0 Å². The molecule has 108 valence electrons. The molecular weight excluding hydrogens is 300 g/mol. The molecule has 0 saturated heterocycles. The maximum absolute atomic E-state index is 12.4. The number of fused-ring (bicyclic) bond motifs is 1. The maximum atomic E-state index is 12.4. The molecule has 0 saturated carbocycles. The second kappa shape index (κ2) is 5.50. The highest BCUT2D eigenvalue weighted by molar-refractivity contribution is 7.20. The summed E-state index contributed by atoms with van der Waals surface area (Å²) in [6, 6.07) is 11.8. The number of amides is 1. The molecule has 1 atom stereocenters. The van der Waals surface area contributed by atoms with Crippen LogP contribution in [-0.4, -0.2) is 5.91 Å². The lowest BCUT2D eigenvalue weighted by molar-refractivity contribution is 0.0944. The highest BCUT2D eigenvalue weighted by atomic mass is 32.1. The third-order valence-electron chi connectivity index (χ3n) is 3.30. The van der Waals surface area contributed by atoms with Crippen LogP contribution in [0.4, 0.5) is 5.69 Å². The second-order valence-corrected chi connectivity index (χ2v) is 7.45. The number of rotatable bonds is 3. The van der Waals surface area contributed by atoms with E-state index in [1.807, 2.05) is 31.2 Å². The first kappa shape index (κ1) is 14.1. The molecule has 1 unspecified atom stereocenters. The lowest BCUT2D eigenvalue weighted by Crippen LogP contribution is -2.25. The predicted octanol–water partition coefficient (Wildman–Crippen LogP) is 4.34. The molecule has 0 aliphatic heterocycles. The van der Waals surface area contributed by atoms with Crippen molar-refractivity contribution in [2.45, 2.75) is 19.9 Å². The molecular formula is C16H16N2OS2. The number of hydrogen-bond donors (Lipinski definition) is 2. The van der Waals surface area contributed by atoms with Gasteiger partial charge in [0.25, 0.3) is 5.91 Å². The van der Waals surface area contributed by atoms with Crippen molar-refractivity contribution in [2.24, 2.45) is 0 Å². The van der Waals surface area contributed by atoms with Crippen LogP contribution in [0.3, 0.4) is 0 Å². The first-order valence-electron chi connectivity index (χ1n) is 6.69. The Morgan fingerprint density at radius 3 is 2.71 bits per heavy atom. The van der Waals surface area contributed by atoms with Gasteiger partial charge in [-0.25, -0.2) is 0 Å². The Labute approximate surface area is 131 Å². The summed E-state index contributed by atoms with van der Waals surface area (Å²) in [5, 5.41) is 4.07. The lowest BCUT2D eigenvalue weighted by Gasteiger charge is -2.10. The van der Waals surface area contributed by atoms with Gasteiger partial charge in [0.05, 0.1) is 10.9 Å². The predicted molar refractivity (Wildman–Crippen MR) is 91.2 cm³/mol. The molecule has 3 aromatic rings. The summed E-state index contributed by atoms with van der Waals surface area (Å²) in [4.78, 5) is 15.5. The normalized spacial score (nSPS) is 12.5. The maximum Gasteiger partial charge on any atom is 0.261 e. The minimum atomic E-state index is -0.0340. The van der Waals surface area contributed by atoms with Gasteiger partial charge >= 0.3 is 0 Å². The number of hydrogen-bond acceptors (Lipinski definition) is 4. The first-order valence-corrected chi connectivity index (χ1v) is 8.32. The van der Waals surface area contributed by atoms with E-state index in [9.17, 15) is 4.79 Å². The number of carbonyl (C=O) groups excluding carboxylic acids is 1. The fourth-order valence-corrected chi connectivity index (χ4v) is 4.02. The standard InChI is InChI=1S/C16H16N2OS2/c1-9-3-5-13(20-9)10(2)18-16(19)15-8-11-7-12(17)4-6-14(11)21-15/h3-8,10H,17H2,1-2H3,(H,18,19). The number of aryl methyl sites for hydroxylation is 1. The van der Waals surface area contributed by atoms with Crippen LogP contribution in [0.5, 0.6) is 0 Å². The Balaban J connectivity index is 1.80. The Hall–Kier alpha value is -1.85. The molecule has 1 amide bonds. The second-order valence-electron chi connectivity index (χ2n) is 5.05. The largest absolute Gasteiger partial charge is 0.399 e. The van der Waals surface area contributed by atoms with Crippen molar-refractivity contribution < 1.29 is 4.79 Å². The van der Waals surface area contributed by atoms with Gasteiger partial charge in [0.2, 0.25) is 0 Å². The highest BCUT2D eigenvalue weighted by Crippen LogP contribution is 2.28. The van der Waals surface area contributed by atoms with Crippen LogP contribution >= 0.6 is 22.7 Å². The average Bonchev–Trinajstić information content (AvgIpc) is 3.04. The summed E-state index contributed by atoms with van der Waals surface area (Å²) < 4.78 is 1.08. The van der Waals surface area contributed by atoms with Crippen molar-refractivity contribution >= 4 is 44.4 Å². The van der Waals surface area contributed by atoms with Crippen LogP contribution in [0.25, 0.3) is 10.1 Å². The minimum Gasteiger partial charge on any atom is -0.399 e. The van der Waals surface area contributed by atoms with Gasteiger partial charge in [0, 0.05) is 20.1 Å². The van der Waals surface area contributed by atoms with E-state index in [1.165, 1.54) is 21.1 Å². The van der Waals surface area contributed by atoms with Crippen LogP contribution < -0.4 is 11.1 Å². The van der Waals surface area contributed by atoms with E-state index in [0.717, 1.165) is 20.7 Å². The molecule has 0 spiro atoms. The van der Waals surface area contributed by atoms with Gasteiger partial charge in [-0.05, 0) is 55.6 Å². The lowest BCUT2D eigenvalue weighted by atomic mass is 10.2. The molecule has 0 aliphatic rings. The molecule has 3 rings (SSSR count). The molecule has 21 heavy (non-hydrogen) atoms. The fourth-order valence-electron chi connectivity index (χ4n) is 2.20. The molecule has 1 aromatic carbocycles. The van der Waals surface area contributed by atoms with Gasteiger partial charge in [-0.3, -0.25) is 4.79 Å². The van der Waals surface area contributed by atoms with Crippen molar-refractivity contribution in [2.75, 3.05) is 5.73 Å². The summed E-state index contributed by atoms with van der Waals surface area (Å²) >= 11 is 3.20. The third kappa shape index (κ3) is 2.94. The number of nitrogens with two attached hydrogens (primary N) is 1. The van der Waals surface area contributed by atoms with Crippen LogP contribution in [0.2, 0.25) is 0 Å². The summed E-state index contributed by atoms with van der Waals surface area (Å²) in [5.41, 5.74) is 6.49. The Morgan fingerprint density at radius 1 is 1.19 bits per heavy atom. The molecule has 0 fully saturated rings. The molecule has 0 radical (unpaired) electrons. The van der Waals surface area contributed by atoms with Gasteiger partial charge in [0.15, 0.2) is 0 Å². The van der Waals surface area contributed by atoms with Crippen LogP contribution in [0.1, 0.15) is 32.4 Å². The zero-order chi connectivity index (χ0) is 15.0. The van der Waals surface area contributed by atoms with Crippen LogP contribution in [0.15, 0.2) is 36.4 Å². The van der Waals surface area contributed by atoms with Gasteiger partial charge in [0.1, 0.15) is 0 Å². The van der Waals surface area contributed by atoms with E-state index in [0.29, 0.717) is 0 Å². The fraction of sp³-hybridized carbons (Fsp3) is 0.188. The molecule has 5 heteroatoms. The van der Waals surface area contributed by atoms with Crippen molar-refractivity contribution in [1.82, 2.24) is 5.32 Å². The Kier molecular flexibility index (Phi) is 3.69. The van der Waals surface area contributed by atoms with E-state index >= 15 is 0 Å². The van der Waals surface area contributed by atoms with E-state index < -0.39 is 0 Å². The van der Waals surface area contributed by atoms with E-state index in [2.05, 4.69) is 24.4 Å². The molecule has 2 heterocycles. The van der Waals surface area contributed by atoms with Crippen molar-refractivity contribution in [1.29, 1.82) is 0 Å². The zero-order valence-electron chi connectivity index (χ0n) is 11.8. The van der Waals surface area contributed by atoms with Crippen molar-refractivity contribution in [3.63, 3.8) is 0 Å². The van der Waals surface area contributed by atoms with E-state index in [4.69, 9.17) is 5.73 Å². The molecule has 2 aromatic heterocycles. The number of thiophene rings is 2. The summed E-state index contributed by atoms with van der Waals surface area (Å²) in [5.74, 6) is -0.0340. The van der Waals surface area contributed by atoms with Gasteiger partial charge in [-0.15, -0.1) is 22.7 Å². The third-order valence-corrected chi connectivity index (χ3v) is 5.60. The van der Waals surface area contributed by atoms with E-state index in [-0.39, 0.29) is 11.9 Å².